The van der Waals surface area contributed by atoms with E-state index in [1.807, 2.05) is 13.0 Å². The van der Waals surface area contributed by atoms with Gasteiger partial charge >= 0.3 is 0 Å². The predicted octanol–water partition coefficient (Wildman–Crippen LogP) is 3.67. The SMILES string of the molecule is Cc1cc(C)c(O)c(N=Cc2cccc([N+](=O)[O-])c2)c1. The molecule has 0 bridgehead atoms. The summed E-state index contributed by atoms with van der Waals surface area (Å²) < 4.78 is 0. The molecule has 0 aromatic heterocycles. The minimum absolute atomic E-state index is 0.0126. The summed E-state index contributed by atoms with van der Waals surface area (Å²) in [7, 11) is 0. The lowest BCUT2D eigenvalue weighted by Crippen LogP contribution is -1.89. The first-order chi connectivity index (χ1) is 9.47. The maximum Gasteiger partial charge on any atom is 0.270 e. The van der Waals surface area contributed by atoms with Gasteiger partial charge in [0.05, 0.1) is 4.92 Å². The van der Waals surface area contributed by atoms with Gasteiger partial charge in [-0.05, 0) is 36.6 Å². The number of rotatable bonds is 3. The van der Waals surface area contributed by atoms with E-state index in [4.69, 9.17) is 0 Å². The fourth-order valence-corrected chi connectivity index (χ4v) is 1.90. The summed E-state index contributed by atoms with van der Waals surface area (Å²) in [5.41, 5.74) is 2.81. The molecule has 2 rings (SSSR count). The average Bonchev–Trinajstić information content (AvgIpc) is 2.41. The van der Waals surface area contributed by atoms with Crippen molar-refractivity contribution in [3.05, 3.63) is 63.2 Å². The smallest absolute Gasteiger partial charge is 0.270 e. The summed E-state index contributed by atoms with van der Waals surface area (Å²) in [6, 6.07) is 9.80. The van der Waals surface area contributed by atoms with Gasteiger partial charge in [-0.1, -0.05) is 18.2 Å². The summed E-state index contributed by atoms with van der Waals surface area (Å²) in [4.78, 5) is 14.4. The zero-order chi connectivity index (χ0) is 14.7. The summed E-state index contributed by atoms with van der Waals surface area (Å²) in [5, 5.41) is 20.6. The van der Waals surface area contributed by atoms with Crippen LogP contribution in [0.5, 0.6) is 5.75 Å². The molecule has 2 aromatic carbocycles. The van der Waals surface area contributed by atoms with Gasteiger partial charge in [-0.2, -0.15) is 0 Å². The molecule has 0 saturated heterocycles. The van der Waals surface area contributed by atoms with Crippen molar-refractivity contribution in [1.82, 2.24) is 0 Å². The van der Waals surface area contributed by atoms with Crippen molar-refractivity contribution in [2.75, 3.05) is 0 Å². The van der Waals surface area contributed by atoms with Crippen LogP contribution in [0.1, 0.15) is 16.7 Å². The second kappa shape index (κ2) is 5.52. The highest BCUT2D eigenvalue weighted by Gasteiger charge is 2.06. The number of hydrogen-bond acceptors (Lipinski definition) is 4. The third kappa shape index (κ3) is 3.00. The molecule has 0 fully saturated rings. The Bertz CT molecular complexity index is 694. The quantitative estimate of drug-likeness (QED) is 0.525. The van der Waals surface area contributed by atoms with Gasteiger partial charge in [-0.25, -0.2) is 0 Å². The molecular formula is C15H14N2O3. The van der Waals surface area contributed by atoms with Gasteiger partial charge < -0.3 is 5.11 Å². The highest BCUT2D eigenvalue weighted by atomic mass is 16.6. The van der Waals surface area contributed by atoms with Gasteiger partial charge in [0, 0.05) is 18.3 Å². The number of nitrogens with zero attached hydrogens (tertiary/aromatic N) is 2. The first-order valence-electron chi connectivity index (χ1n) is 6.06. The van der Waals surface area contributed by atoms with Gasteiger partial charge in [0.2, 0.25) is 0 Å². The van der Waals surface area contributed by atoms with E-state index in [2.05, 4.69) is 4.99 Å². The Morgan fingerprint density at radius 3 is 2.70 bits per heavy atom. The molecule has 0 atom stereocenters. The Morgan fingerprint density at radius 1 is 1.25 bits per heavy atom. The van der Waals surface area contributed by atoms with Crippen molar-refractivity contribution in [3.8, 4) is 5.75 Å². The van der Waals surface area contributed by atoms with Crippen LogP contribution in [0.2, 0.25) is 0 Å². The first kappa shape index (κ1) is 13.7. The van der Waals surface area contributed by atoms with E-state index in [0.29, 0.717) is 11.3 Å². The summed E-state index contributed by atoms with van der Waals surface area (Å²) in [5.74, 6) is 0.122. The van der Waals surface area contributed by atoms with Gasteiger partial charge in [0.15, 0.2) is 0 Å². The first-order valence-corrected chi connectivity index (χ1v) is 6.06. The molecule has 0 saturated carbocycles. The number of phenols is 1. The number of aryl methyl sites for hydroxylation is 2. The molecule has 0 aliphatic carbocycles. The van der Waals surface area contributed by atoms with E-state index in [1.165, 1.54) is 18.3 Å². The molecule has 0 aliphatic heterocycles. The molecule has 0 amide bonds. The molecule has 0 spiro atoms. The summed E-state index contributed by atoms with van der Waals surface area (Å²) in [6.45, 7) is 3.72. The number of aromatic hydroxyl groups is 1. The third-order valence-corrected chi connectivity index (χ3v) is 2.86. The van der Waals surface area contributed by atoms with Gasteiger partial charge in [0.25, 0.3) is 5.69 Å². The number of phenolic OH excluding ortho intramolecular Hbond substituents is 1. The summed E-state index contributed by atoms with van der Waals surface area (Å²) >= 11 is 0. The van der Waals surface area contributed by atoms with Crippen molar-refractivity contribution in [2.45, 2.75) is 13.8 Å². The van der Waals surface area contributed by atoms with E-state index in [-0.39, 0.29) is 11.4 Å². The van der Waals surface area contributed by atoms with E-state index in [9.17, 15) is 15.2 Å². The molecule has 0 unspecified atom stereocenters. The number of non-ortho nitro benzene ring substituents is 1. The normalized spacial score (nSPS) is 10.9. The molecule has 5 nitrogen and oxygen atoms in total. The molecule has 0 heterocycles. The minimum atomic E-state index is -0.453. The van der Waals surface area contributed by atoms with Crippen LogP contribution in [-0.4, -0.2) is 16.2 Å². The van der Waals surface area contributed by atoms with Gasteiger partial charge in [-0.15, -0.1) is 0 Å². The Hall–Kier alpha value is -2.69. The maximum atomic E-state index is 10.7. The molecule has 0 radical (unpaired) electrons. The van der Waals surface area contributed by atoms with Crippen LogP contribution < -0.4 is 0 Å². The predicted molar refractivity (Wildman–Crippen MR) is 77.9 cm³/mol. The van der Waals surface area contributed by atoms with Crippen LogP contribution in [-0.2, 0) is 0 Å². The Balaban J connectivity index is 2.34. The second-order valence-corrected chi connectivity index (χ2v) is 4.56. The number of nitro groups is 1. The number of benzene rings is 2. The van der Waals surface area contributed by atoms with E-state index in [1.54, 1.807) is 25.1 Å². The molecule has 102 valence electrons. The zero-order valence-corrected chi connectivity index (χ0v) is 11.2. The van der Waals surface area contributed by atoms with Crippen LogP contribution in [0.3, 0.4) is 0 Å². The third-order valence-electron chi connectivity index (χ3n) is 2.86. The average molecular weight is 270 g/mol. The Morgan fingerprint density at radius 2 is 2.00 bits per heavy atom. The number of hydrogen-bond donors (Lipinski definition) is 1. The molecular weight excluding hydrogens is 256 g/mol. The van der Waals surface area contributed by atoms with Crippen LogP contribution in [0.25, 0.3) is 0 Å². The van der Waals surface area contributed by atoms with Crippen LogP contribution in [0.15, 0.2) is 41.4 Å². The van der Waals surface area contributed by atoms with Crippen LogP contribution >= 0.6 is 0 Å². The highest BCUT2D eigenvalue weighted by Crippen LogP contribution is 2.31. The van der Waals surface area contributed by atoms with Crippen molar-refractivity contribution in [1.29, 1.82) is 0 Å². The monoisotopic (exact) mass is 270 g/mol. The standard InChI is InChI=1S/C15H14N2O3/c1-10-6-11(2)15(18)14(7-10)16-9-12-4-3-5-13(8-12)17(19)20/h3-9,18H,1-2H3. The lowest BCUT2D eigenvalue weighted by atomic mass is 10.1. The van der Waals surface area contributed by atoms with E-state index in [0.717, 1.165) is 11.1 Å². The molecule has 2 aromatic rings. The summed E-state index contributed by atoms with van der Waals surface area (Å²) in [6.07, 6.45) is 1.50. The van der Waals surface area contributed by atoms with Gasteiger partial charge in [-0.3, -0.25) is 15.1 Å². The number of aliphatic imine (C=N–C) groups is 1. The van der Waals surface area contributed by atoms with Crippen molar-refractivity contribution in [2.24, 2.45) is 4.99 Å². The Labute approximate surface area is 116 Å². The highest BCUT2D eigenvalue weighted by molar-refractivity contribution is 5.83. The largest absolute Gasteiger partial charge is 0.505 e. The molecule has 0 aliphatic rings. The van der Waals surface area contributed by atoms with E-state index < -0.39 is 4.92 Å². The lowest BCUT2D eigenvalue weighted by Gasteiger charge is -2.04. The lowest BCUT2D eigenvalue weighted by molar-refractivity contribution is -0.384. The van der Waals surface area contributed by atoms with Crippen molar-refractivity contribution < 1.29 is 10.0 Å². The molecule has 5 heteroatoms. The Kier molecular flexibility index (Phi) is 3.79. The van der Waals surface area contributed by atoms with Crippen LogP contribution in [0.4, 0.5) is 11.4 Å². The number of nitro benzene ring substituents is 1. The molecule has 20 heavy (non-hydrogen) atoms. The fourth-order valence-electron chi connectivity index (χ4n) is 1.90. The zero-order valence-electron chi connectivity index (χ0n) is 11.2. The molecule has 1 N–H and O–H groups in total. The van der Waals surface area contributed by atoms with Crippen LogP contribution in [0, 0.1) is 24.0 Å². The van der Waals surface area contributed by atoms with Gasteiger partial charge in [0.1, 0.15) is 11.4 Å². The minimum Gasteiger partial charge on any atom is -0.505 e. The second-order valence-electron chi connectivity index (χ2n) is 4.56. The maximum absolute atomic E-state index is 10.7. The van der Waals surface area contributed by atoms with E-state index >= 15 is 0 Å². The fraction of sp³-hybridized carbons (Fsp3) is 0.133. The topological polar surface area (TPSA) is 75.7 Å². The van der Waals surface area contributed by atoms with Crippen molar-refractivity contribution in [3.63, 3.8) is 0 Å². The van der Waals surface area contributed by atoms with Crippen molar-refractivity contribution >= 4 is 17.6 Å².